The zero-order valence-corrected chi connectivity index (χ0v) is 8.44. The molecule has 0 aromatic carbocycles. The average molecular weight is 204 g/mol. The van der Waals surface area contributed by atoms with Gasteiger partial charge in [-0.2, -0.15) is 5.26 Å². The quantitative estimate of drug-likeness (QED) is 0.772. The van der Waals surface area contributed by atoms with Crippen molar-refractivity contribution in [3.05, 3.63) is 32.9 Å². The Labute approximate surface area is 84.6 Å². The van der Waals surface area contributed by atoms with Crippen molar-refractivity contribution in [2.45, 2.75) is 13.3 Å². The number of fused-ring (bicyclic) bond motifs is 1. The summed E-state index contributed by atoms with van der Waals surface area (Å²) < 4.78 is 0. The van der Waals surface area contributed by atoms with Crippen molar-refractivity contribution < 1.29 is 0 Å². The highest BCUT2D eigenvalue weighted by molar-refractivity contribution is 7.18. The van der Waals surface area contributed by atoms with Crippen molar-refractivity contribution in [1.82, 2.24) is 4.98 Å². The molecule has 2 aromatic rings. The van der Waals surface area contributed by atoms with E-state index in [1.165, 1.54) is 6.20 Å². The highest BCUT2D eigenvalue weighted by Crippen LogP contribution is 2.21. The molecule has 0 aliphatic heterocycles. The molecule has 0 bridgehead atoms. The molecule has 2 heterocycles. The number of rotatable bonds is 1. The minimum absolute atomic E-state index is 0.169. The maximum absolute atomic E-state index is 11.7. The van der Waals surface area contributed by atoms with E-state index >= 15 is 0 Å². The van der Waals surface area contributed by atoms with E-state index in [-0.39, 0.29) is 11.0 Å². The van der Waals surface area contributed by atoms with Crippen LogP contribution in [0.5, 0.6) is 0 Å². The van der Waals surface area contributed by atoms with Gasteiger partial charge in [-0.05, 0) is 12.5 Å². The number of pyridine rings is 1. The van der Waals surface area contributed by atoms with Crippen LogP contribution in [0.2, 0.25) is 0 Å². The van der Waals surface area contributed by atoms with Crippen molar-refractivity contribution in [1.29, 1.82) is 5.26 Å². The van der Waals surface area contributed by atoms with Gasteiger partial charge in [0, 0.05) is 11.1 Å². The van der Waals surface area contributed by atoms with E-state index in [1.54, 1.807) is 11.3 Å². The molecule has 0 spiro atoms. The zero-order chi connectivity index (χ0) is 10.1. The predicted molar refractivity (Wildman–Crippen MR) is 56.5 cm³/mol. The third-order valence-electron chi connectivity index (χ3n) is 2.09. The fourth-order valence-electron chi connectivity index (χ4n) is 1.32. The second kappa shape index (κ2) is 3.28. The Balaban J connectivity index is 2.84. The van der Waals surface area contributed by atoms with Gasteiger partial charge in [-0.3, -0.25) is 4.79 Å². The summed E-state index contributed by atoms with van der Waals surface area (Å²) in [5, 5.41) is 9.31. The zero-order valence-electron chi connectivity index (χ0n) is 7.63. The fourth-order valence-corrected chi connectivity index (χ4v) is 2.29. The number of hydrogen-bond donors (Lipinski definition) is 1. The smallest absolute Gasteiger partial charge is 0.208 e. The van der Waals surface area contributed by atoms with Gasteiger partial charge in [0.25, 0.3) is 0 Å². The lowest BCUT2D eigenvalue weighted by Crippen LogP contribution is -2.04. The fraction of sp³-hybridized carbons (Fsp3) is 0.200. The molecule has 0 atom stereocenters. The summed E-state index contributed by atoms with van der Waals surface area (Å²) in [6.07, 6.45) is 2.38. The first-order valence-electron chi connectivity index (χ1n) is 4.30. The van der Waals surface area contributed by atoms with E-state index in [2.05, 4.69) is 4.98 Å². The van der Waals surface area contributed by atoms with Crippen LogP contribution in [0.3, 0.4) is 0 Å². The normalized spacial score (nSPS) is 10.3. The molecule has 0 aliphatic rings. The Hall–Kier alpha value is -1.60. The van der Waals surface area contributed by atoms with Gasteiger partial charge in [0.1, 0.15) is 16.5 Å². The van der Waals surface area contributed by atoms with Crippen LogP contribution in [0.15, 0.2) is 17.1 Å². The van der Waals surface area contributed by atoms with Crippen LogP contribution in [0.1, 0.15) is 17.4 Å². The van der Waals surface area contributed by atoms with Crippen molar-refractivity contribution in [2.24, 2.45) is 0 Å². The van der Waals surface area contributed by atoms with E-state index in [9.17, 15) is 4.79 Å². The molecule has 3 nitrogen and oxygen atoms in total. The number of aromatic amines is 1. The lowest BCUT2D eigenvalue weighted by atomic mass is 10.2. The van der Waals surface area contributed by atoms with Crippen LogP contribution >= 0.6 is 11.3 Å². The van der Waals surface area contributed by atoms with Crippen LogP contribution < -0.4 is 5.43 Å². The number of thiophene rings is 1. The standard InChI is InChI=1S/C10H8N2OS/c1-2-7-3-8-9(13)6(4-11)5-12-10(8)14-7/h3,5H,2H2,1H3,(H,12,13). The summed E-state index contributed by atoms with van der Waals surface area (Å²) in [6, 6.07) is 3.74. The predicted octanol–water partition coefficient (Wildman–Crippen LogP) is 2.02. The Morgan fingerprint density at radius 2 is 2.43 bits per heavy atom. The summed E-state index contributed by atoms with van der Waals surface area (Å²) in [6.45, 7) is 2.04. The molecular formula is C10H8N2OS. The number of nitriles is 1. The monoisotopic (exact) mass is 204 g/mol. The molecule has 0 saturated carbocycles. The third-order valence-corrected chi connectivity index (χ3v) is 3.30. The summed E-state index contributed by atoms with van der Waals surface area (Å²) >= 11 is 1.57. The molecule has 14 heavy (non-hydrogen) atoms. The van der Waals surface area contributed by atoms with E-state index in [0.29, 0.717) is 5.39 Å². The second-order valence-corrected chi connectivity index (χ2v) is 4.09. The molecule has 70 valence electrons. The molecular weight excluding hydrogens is 196 g/mol. The topological polar surface area (TPSA) is 56.6 Å². The maximum atomic E-state index is 11.7. The molecule has 4 heteroatoms. The molecule has 0 aliphatic carbocycles. The van der Waals surface area contributed by atoms with Gasteiger partial charge >= 0.3 is 0 Å². The van der Waals surface area contributed by atoms with E-state index < -0.39 is 0 Å². The summed E-state index contributed by atoms with van der Waals surface area (Å²) in [4.78, 5) is 16.6. The first kappa shape index (κ1) is 8.97. The molecule has 0 fully saturated rings. The van der Waals surface area contributed by atoms with Gasteiger partial charge in [0.05, 0.1) is 5.39 Å². The Morgan fingerprint density at radius 1 is 1.64 bits per heavy atom. The van der Waals surface area contributed by atoms with Crippen LogP contribution in [-0.4, -0.2) is 4.98 Å². The molecule has 0 amide bonds. The molecule has 0 unspecified atom stereocenters. The molecule has 1 N–H and O–H groups in total. The van der Waals surface area contributed by atoms with Crippen LogP contribution in [0, 0.1) is 11.3 Å². The number of nitrogens with zero attached hydrogens (tertiary/aromatic N) is 1. The summed E-state index contributed by atoms with van der Waals surface area (Å²) in [7, 11) is 0. The van der Waals surface area contributed by atoms with Crippen molar-refractivity contribution >= 4 is 21.6 Å². The largest absolute Gasteiger partial charge is 0.351 e. The summed E-state index contributed by atoms with van der Waals surface area (Å²) in [5.74, 6) is 0. The minimum atomic E-state index is -0.169. The number of aryl methyl sites for hydroxylation is 1. The Bertz CT molecular complexity index is 574. The van der Waals surface area contributed by atoms with Crippen LogP contribution in [0.4, 0.5) is 0 Å². The lowest BCUT2D eigenvalue weighted by Gasteiger charge is -1.88. The van der Waals surface area contributed by atoms with Gasteiger partial charge in [-0.15, -0.1) is 11.3 Å². The van der Waals surface area contributed by atoms with Crippen molar-refractivity contribution in [3.8, 4) is 6.07 Å². The highest BCUT2D eigenvalue weighted by atomic mass is 32.1. The molecule has 2 aromatic heterocycles. The van der Waals surface area contributed by atoms with E-state index in [4.69, 9.17) is 5.26 Å². The van der Waals surface area contributed by atoms with E-state index in [0.717, 1.165) is 16.1 Å². The first-order chi connectivity index (χ1) is 6.76. The minimum Gasteiger partial charge on any atom is -0.351 e. The Morgan fingerprint density at radius 3 is 3.07 bits per heavy atom. The highest BCUT2D eigenvalue weighted by Gasteiger charge is 2.07. The van der Waals surface area contributed by atoms with Gasteiger partial charge in [-0.1, -0.05) is 6.92 Å². The van der Waals surface area contributed by atoms with Gasteiger partial charge in [-0.25, -0.2) is 0 Å². The molecule has 0 saturated heterocycles. The first-order valence-corrected chi connectivity index (χ1v) is 5.12. The van der Waals surface area contributed by atoms with E-state index in [1.807, 2.05) is 19.1 Å². The SMILES string of the molecule is CCc1cc2c(=O)c(C#N)c[nH]c2s1. The van der Waals surface area contributed by atoms with Crippen molar-refractivity contribution in [2.75, 3.05) is 0 Å². The number of aromatic nitrogens is 1. The van der Waals surface area contributed by atoms with Crippen LogP contribution in [0.25, 0.3) is 10.2 Å². The lowest BCUT2D eigenvalue weighted by molar-refractivity contribution is 1.19. The molecule has 0 radical (unpaired) electrons. The van der Waals surface area contributed by atoms with Crippen LogP contribution in [-0.2, 0) is 6.42 Å². The Kier molecular flexibility index (Phi) is 2.10. The number of nitrogens with one attached hydrogen (secondary N) is 1. The average Bonchev–Trinajstić information content (AvgIpc) is 2.62. The number of H-pyrrole nitrogens is 1. The molecule has 2 rings (SSSR count). The van der Waals surface area contributed by atoms with Gasteiger partial charge in [0.2, 0.25) is 5.43 Å². The second-order valence-electron chi connectivity index (χ2n) is 2.95. The summed E-state index contributed by atoms with van der Waals surface area (Å²) in [5.41, 5.74) is 0.00940. The number of hydrogen-bond acceptors (Lipinski definition) is 3. The maximum Gasteiger partial charge on any atom is 0.208 e. The third kappa shape index (κ3) is 1.22. The van der Waals surface area contributed by atoms with Gasteiger partial charge < -0.3 is 4.98 Å². The van der Waals surface area contributed by atoms with Gasteiger partial charge in [0.15, 0.2) is 0 Å². The van der Waals surface area contributed by atoms with Crippen molar-refractivity contribution in [3.63, 3.8) is 0 Å².